The van der Waals surface area contributed by atoms with Crippen LogP contribution in [0, 0.1) is 5.82 Å². The van der Waals surface area contributed by atoms with Crippen LogP contribution in [0.5, 0.6) is 0 Å². The van der Waals surface area contributed by atoms with Crippen LogP contribution < -0.4 is 0 Å². The number of hydrogen-bond acceptors (Lipinski definition) is 1. The van der Waals surface area contributed by atoms with Crippen LogP contribution in [0.3, 0.4) is 0 Å². The zero-order chi connectivity index (χ0) is 17.2. The summed E-state index contributed by atoms with van der Waals surface area (Å²) in [4.78, 5) is 18.1. The van der Waals surface area contributed by atoms with Crippen LogP contribution in [0.25, 0.3) is 22.2 Å². The monoisotopic (exact) mass is 336 g/mol. The van der Waals surface area contributed by atoms with Gasteiger partial charge in [-0.1, -0.05) is 30.3 Å². The minimum absolute atomic E-state index is 0.127. The van der Waals surface area contributed by atoms with Crippen molar-refractivity contribution >= 4 is 16.8 Å². The van der Waals surface area contributed by atoms with Crippen molar-refractivity contribution < 1.29 is 9.18 Å². The summed E-state index contributed by atoms with van der Waals surface area (Å²) in [6.07, 6.45) is 3.63. The number of hydrogen-bond donors (Lipinski definition) is 1. The van der Waals surface area contributed by atoms with Gasteiger partial charge < -0.3 is 9.88 Å². The molecule has 1 saturated heterocycles. The lowest BCUT2D eigenvalue weighted by Crippen LogP contribution is -2.36. The van der Waals surface area contributed by atoms with Crippen LogP contribution in [-0.2, 0) is 11.2 Å². The number of H-pyrrole nitrogens is 1. The third kappa shape index (κ3) is 3.04. The van der Waals surface area contributed by atoms with E-state index in [2.05, 4.69) is 4.98 Å². The Balaban J connectivity index is 1.77. The molecule has 1 amide bonds. The smallest absolute Gasteiger partial charge is 0.227 e. The summed E-state index contributed by atoms with van der Waals surface area (Å²) in [6.45, 7) is 1.66. The van der Waals surface area contributed by atoms with E-state index in [-0.39, 0.29) is 11.7 Å². The Hall–Kier alpha value is -2.62. The van der Waals surface area contributed by atoms with Crippen molar-refractivity contribution in [1.29, 1.82) is 0 Å². The van der Waals surface area contributed by atoms with Gasteiger partial charge in [-0.05, 0) is 43.0 Å². The molecule has 1 aromatic heterocycles. The van der Waals surface area contributed by atoms with Gasteiger partial charge in [-0.25, -0.2) is 4.39 Å². The minimum atomic E-state index is -0.277. The summed E-state index contributed by atoms with van der Waals surface area (Å²) in [7, 11) is 0. The number of para-hydroxylation sites is 1. The predicted molar refractivity (Wildman–Crippen MR) is 97.8 cm³/mol. The van der Waals surface area contributed by atoms with Crippen molar-refractivity contribution in [2.24, 2.45) is 0 Å². The number of carbonyl (C=O) groups is 1. The number of likely N-dealkylation sites (tertiary alicyclic amines) is 1. The zero-order valence-electron chi connectivity index (χ0n) is 14.1. The lowest BCUT2D eigenvalue weighted by molar-refractivity contribution is -0.131. The fraction of sp³-hybridized carbons (Fsp3) is 0.286. The van der Waals surface area contributed by atoms with Gasteiger partial charge >= 0.3 is 0 Å². The highest BCUT2D eigenvalue weighted by Crippen LogP contribution is 2.32. The second-order valence-corrected chi connectivity index (χ2v) is 6.62. The van der Waals surface area contributed by atoms with E-state index in [0.29, 0.717) is 17.7 Å². The van der Waals surface area contributed by atoms with E-state index in [4.69, 9.17) is 0 Å². The number of fused-ring (bicyclic) bond motifs is 1. The molecule has 1 aliphatic heterocycles. The summed E-state index contributed by atoms with van der Waals surface area (Å²) in [6, 6.07) is 14.6. The Kier molecular flexibility index (Phi) is 4.26. The van der Waals surface area contributed by atoms with Gasteiger partial charge in [0.05, 0.1) is 12.1 Å². The first kappa shape index (κ1) is 15.9. The minimum Gasteiger partial charge on any atom is -0.354 e. The second-order valence-electron chi connectivity index (χ2n) is 6.62. The molecule has 1 fully saturated rings. The number of piperidine rings is 1. The molecule has 3 nitrogen and oxygen atoms in total. The summed E-state index contributed by atoms with van der Waals surface area (Å²) in [5, 5.41) is 0.992. The fourth-order valence-corrected chi connectivity index (χ4v) is 3.68. The van der Waals surface area contributed by atoms with Crippen LogP contribution in [-0.4, -0.2) is 28.9 Å². The molecule has 1 N–H and O–H groups in total. The summed E-state index contributed by atoms with van der Waals surface area (Å²) < 4.78 is 14.4. The number of carbonyl (C=O) groups excluding carboxylic acids is 1. The van der Waals surface area contributed by atoms with E-state index in [9.17, 15) is 9.18 Å². The lowest BCUT2D eigenvalue weighted by atomic mass is 10.0. The second kappa shape index (κ2) is 6.71. The molecule has 0 bridgehead atoms. The van der Waals surface area contributed by atoms with Gasteiger partial charge in [0.1, 0.15) is 5.82 Å². The topological polar surface area (TPSA) is 36.1 Å². The van der Waals surface area contributed by atoms with Gasteiger partial charge in [0.15, 0.2) is 0 Å². The van der Waals surface area contributed by atoms with E-state index in [0.717, 1.165) is 42.4 Å². The number of aromatic amines is 1. The Morgan fingerprint density at radius 2 is 1.72 bits per heavy atom. The average Bonchev–Trinajstić information content (AvgIpc) is 3.01. The molecule has 4 heteroatoms. The van der Waals surface area contributed by atoms with E-state index >= 15 is 0 Å². The SMILES string of the molecule is O=C(Cc1c(-c2ccccc2F)[nH]c2ccccc12)N1CCCCC1. The van der Waals surface area contributed by atoms with Gasteiger partial charge in [-0.2, -0.15) is 0 Å². The molecular formula is C21H21FN2O. The molecule has 0 unspecified atom stereocenters. The standard InChI is InChI=1S/C21H21FN2O/c22-18-10-4-2-9-16(18)21-17(15-8-3-5-11-19(15)23-21)14-20(25)24-12-6-1-7-13-24/h2-5,8-11,23H,1,6-7,12-14H2. The Bertz CT molecular complexity index is 909. The maximum Gasteiger partial charge on any atom is 0.227 e. The molecule has 128 valence electrons. The van der Waals surface area contributed by atoms with Crippen molar-refractivity contribution in [3.05, 3.63) is 59.9 Å². The van der Waals surface area contributed by atoms with Gasteiger partial charge in [0.25, 0.3) is 0 Å². The van der Waals surface area contributed by atoms with E-state index in [1.807, 2.05) is 35.2 Å². The third-order valence-electron chi connectivity index (χ3n) is 4.99. The van der Waals surface area contributed by atoms with Gasteiger partial charge in [0.2, 0.25) is 5.91 Å². The highest BCUT2D eigenvalue weighted by molar-refractivity contribution is 5.95. The van der Waals surface area contributed by atoms with E-state index < -0.39 is 0 Å². The van der Waals surface area contributed by atoms with Crippen LogP contribution >= 0.6 is 0 Å². The van der Waals surface area contributed by atoms with Crippen molar-refractivity contribution in [2.45, 2.75) is 25.7 Å². The Morgan fingerprint density at radius 1 is 1.00 bits per heavy atom. The molecule has 4 rings (SSSR count). The van der Waals surface area contributed by atoms with Crippen LogP contribution in [0.4, 0.5) is 4.39 Å². The largest absolute Gasteiger partial charge is 0.354 e. The quantitative estimate of drug-likeness (QED) is 0.749. The molecular weight excluding hydrogens is 315 g/mol. The predicted octanol–water partition coefficient (Wildman–Crippen LogP) is 4.53. The molecule has 25 heavy (non-hydrogen) atoms. The first-order valence-electron chi connectivity index (χ1n) is 8.86. The number of amides is 1. The number of halogens is 1. The van der Waals surface area contributed by atoms with Gasteiger partial charge in [-0.15, -0.1) is 0 Å². The lowest BCUT2D eigenvalue weighted by Gasteiger charge is -2.26. The molecule has 0 radical (unpaired) electrons. The molecule has 2 aromatic carbocycles. The number of aromatic nitrogens is 1. The average molecular weight is 336 g/mol. The van der Waals surface area contributed by atoms with Crippen LogP contribution in [0.1, 0.15) is 24.8 Å². The maximum absolute atomic E-state index is 14.4. The van der Waals surface area contributed by atoms with Crippen molar-refractivity contribution in [2.75, 3.05) is 13.1 Å². The highest BCUT2D eigenvalue weighted by atomic mass is 19.1. The van der Waals surface area contributed by atoms with Gasteiger partial charge in [-0.3, -0.25) is 4.79 Å². The summed E-state index contributed by atoms with van der Waals surface area (Å²) in [5.74, 6) is -0.150. The normalized spacial score (nSPS) is 14.8. The molecule has 2 heterocycles. The summed E-state index contributed by atoms with van der Waals surface area (Å²) >= 11 is 0. The van der Waals surface area contributed by atoms with E-state index in [1.54, 1.807) is 12.1 Å². The molecule has 0 spiro atoms. The molecule has 0 aliphatic carbocycles. The first-order chi connectivity index (χ1) is 12.2. The number of rotatable bonds is 3. The van der Waals surface area contributed by atoms with Crippen molar-refractivity contribution in [3.8, 4) is 11.3 Å². The van der Waals surface area contributed by atoms with Crippen molar-refractivity contribution in [3.63, 3.8) is 0 Å². The first-order valence-corrected chi connectivity index (χ1v) is 8.86. The van der Waals surface area contributed by atoms with Gasteiger partial charge in [0, 0.05) is 29.6 Å². The number of nitrogens with zero attached hydrogens (tertiary/aromatic N) is 1. The van der Waals surface area contributed by atoms with E-state index in [1.165, 1.54) is 12.5 Å². The molecule has 0 saturated carbocycles. The summed E-state index contributed by atoms with van der Waals surface area (Å²) in [5.41, 5.74) is 3.04. The zero-order valence-corrected chi connectivity index (χ0v) is 14.1. The molecule has 3 aromatic rings. The Labute approximate surface area is 146 Å². The Morgan fingerprint density at radius 3 is 2.52 bits per heavy atom. The third-order valence-corrected chi connectivity index (χ3v) is 4.99. The maximum atomic E-state index is 14.4. The van der Waals surface area contributed by atoms with Crippen LogP contribution in [0.2, 0.25) is 0 Å². The number of benzene rings is 2. The van der Waals surface area contributed by atoms with Crippen LogP contribution in [0.15, 0.2) is 48.5 Å². The molecule has 1 aliphatic rings. The highest BCUT2D eigenvalue weighted by Gasteiger charge is 2.22. The molecule has 0 atom stereocenters. The van der Waals surface area contributed by atoms with Crippen molar-refractivity contribution in [1.82, 2.24) is 9.88 Å². The number of nitrogens with one attached hydrogen (secondary N) is 1. The fourth-order valence-electron chi connectivity index (χ4n) is 3.68.